The molecule has 0 spiro atoms. The van der Waals surface area contributed by atoms with Crippen molar-refractivity contribution in [2.24, 2.45) is 16.7 Å². The van der Waals surface area contributed by atoms with Gasteiger partial charge in [0.2, 0.25) is 0 Å². The number of nitrogens with zero attached hydrogens (tertiary/aromatic N) is 2. The van der Waals surface area contributed by atoms with Crippen molar-refractivity contribution in [3.05, 3.63) is 53.9 Å². The number of hydrazone groups is 1. The van der Waals surface area contributed by atoms with Gasteiger partial charge in [-0.05, 0) is 24.6 Å². The first-order valence-corrected chi connectivity index (χ1v) is 6.28. The molecule has 0 aliphatic rings. The second kappa shape index (κ2) is 7.16. The molecule has 0 saturated carbocycles. The van der Waals surface area contributed by atoms with E-state index in [1.165, 1.54) is 0 Å². The quantitative estimate of drug-likeness (QED) is 0.375. The molecule has 1 aromatic carbocycles. The summed E-state index contributed by atoms with van der Waals surface area (Å²) in [6.07, 6.45) is 1.78. The van der Waals surface area contributed by atoms with E-state index in [0.717, 1.165) is 22.4 Å². The van der Waals surface area contributed by atoms with Crippen LogP contribution in [0.4, 0.5) is 0 Å². The van der Waals surface area contributed by atoms with Crippen molar-refractivity contribution in [1.82, 2.24) is 4.98 Å². The van der Waals surface area contributed by atoms with Gasteiger partial charge >= 0.3 is 0 Å². The minimum atomic E-state index is 0.327. The van der Waals surface area contributed by atoms with Gasteiger partial charge < -0.3 is 11.6 Å². The highest BCUT2D eigenvalue weighted by molar-refractivity contribution is 5.98. The molecule has 19 heavy (non-hydrogen) atoms. The van der Waals surface area contributed by atoms with Crippen LogP contribution in [0.5, 0.6) is 0 Å². The molecule has 2 rings (SSSR count). The van der Waals surface area contributed by atoms with Gasteiger partial charge in [-0.15, -0.1) is 0 Å². The lowest BCUT2D eigenvalue weighted by molar-refractivity contribution is 1.20. The van der Waals surface area contributed by atoms with E-state index in [-0.39, 0.29) is 0 Å². The average Bonchev–Trinajstić information content (AvgIpc) is 2.49. The molecule has 0 amide bonds. The molecule has 4 heteroatoms. The molecule has 0 unspecified atom stereocenters. The van der Waals surface area contributed by atoms with E-state index in [1.54, 1.807) is 6.20 Å². The number of pyridine rings is 1. The Morgan fingerprint density at radius 3 is 2.53 bits per heavy atom. The SMILES string of the molecule is CC.Cc1ncccc1-c1cccc(/C(N)=N/N)c1. The lowest BCUT2D eigenvalue weighted by Crippen LogP contribution is -2.15. The molecule has 0 fully saturated rings. The Labute approximate surface area is 114 Å². The second-order valence-electron chi connectivity index (χ2n) is 3.73. The van der Waals surface area contributed by atoms with Crippen molar-refractivity contribution in [3.63, 3.8) is 0 Å². The molecule has 2 aromatic rings. The molecule has 0 aliphatic heterocycles. The van der Waals surface area contributed by atoms with E-state index in [0.29, 0.717) is 5.84 Å². The standard InChI is InChI=1S/C13H14N4.C2H6/c1-9-12(6-3-7-16-9)10-4-2-5-11(8-10)13(14)17-15;1-2/h2-8H,15H2,1H3,(H2,14,17);1-2H3. The molecule has 4 N–H and O–H groups in total. The molecule has 0 bridgehead atoms. The van der Waals surface area contributed by atoms with Gasteiger partial charge in [-0.1, -0.05) is 38.1 Å². The Hall–Kier alpha value is -2.36. The summed E-state index contributed by atoms with van der Waals surface area (Å²) in [5, 5.41) is 3.49. The van der Waals surface area contributed by atoms with Crippen LogP contribution >= 0.6 is 0 Å². The zero-order chi connectivity index (χ0) is 14.3. The smallest absolute Gasteiger partial charge is 0.150 e. The van der Waals surface area contributed by atoms with E-state index in [9.17, 15) is 0 Å². The first kappa shape index (κ1) is 14.7. The van der Waals surface area contributed by atoms with Crippen LogP contribution < -0.4 is 11.6 Å². The van der Waals surface area contributed by atoms with Crippen LogP contribution in [0, 0.1) is 6.92 Å². The zero-order valence-corrected chi connectivity index (χ0v) is 11.6. The Kier molecular flexibility index (Phi) is 5.54. The van der Waals surface area contributed by atoms with Crippen LogP contribution in [0.3, 0.4) is 0 Å². The predicted molar refractivity (Wildman–Crippen MR) is 80.7 cm³/mol. The van der Waals surface area contributed by atoms with E-state index in [1.807, 2.05) is 57.2 Å². The summed E-state index contributed by atoms with van der Waals surface area (Å²) in [6.45, 7) is 5.97. The Balaban J connectivity index is 0.000000861. The number of aryl methyl sites for hydroxylation is 1. The Bertz CT molecular complexity index is 562. The summed E-state index contributed by atoms with van der Waals surface area (Å²) < 4.78 is 0. The van der Waals surface area contributed by atoms with Gasteiger partial charge in [-0.2, -0.15) is 5.10 Å². The first-order valence-electron chi connectivity index (χ1n) is 6.28. The monoisotopic (exact) mass is 256 g/mol. The van der Waals surface area contributed by atoms with E-state index < -0.39 is 0 Å². The van der Waals surface area contributed by atoms with Gasteiger partial charge in [-0.3, -0.25) is 4.98 Å². The number of hydrogen-bond donors (Lipinski definition) is 2. The van der Waals surface area contributed by atoms with Gasteiger partial charge in [0.05, 0.1) is 0 Å². The summed E-state index contributed by atoms with van der Waals surface area (Å²) in [6, 6.07) is 11.7. The highest BCUT2D eigenvalue weighted by atomic mass is 15.1. The summed E-state index contributed by atoms with van der Waals surface area (Å²) >= 11 is 0. The third-order valence-corrected chi connectivity index (χ3v) is 2.62. The molecule has 4 nitrogen and oxygen atoms in total. The highest BCUT2D eigenvalue weighted by Crippen LogP contribution is 2.22. The Morgan fingerprint density at radius 2 is 1.89 bits per heavy atom. The summed E-state index contributed by atoms with van der Waals surface area (Å²) in [7, 11) is 0. The summed E-state index contributed by atoms with van der Waals surface area (Å²) in [4.78, 5) is 4.26. The minimum absolute atomic E-state index is 0.327. The van der Waals surface area contributed by atoms with Gasteiger partial charge in [0.25, 0.3) is 0 Å². The van der Waals surface area contributed by atoms with Crippen molar-refractivity contribution >= 4 is 5.84 Å². The van der Waals surface area contributed by atoms with Crippen LogP contribution in [0.25, 0.3) is 11.1 Å². The van der Waals surface area contributed by atoms with Gasteiger partial charge in [-0.25, -0.2) is 0 Å². The molecule has 0 aliphatic carbocycles. The average molecular weight is 256 g/mol. The number of aromatic nitrogens is 1. The topological polar surface area (TPSA) is 77.3 Å². The van der Waals surface area contributed by atoms with Crippen LogP contribution in [-0.2, 0) is 0 Å². The van der Waals surface area contributed by atoms with Crippen LogP contribution in [0.1, 0.15) is 25.1 Å². The third kappa shape index (κ3) is 3.55. The van der Waals surface area contributed by atoms with Gasteiger partial charge in [0.1, 0.15) is 5.84 Å². The van der Waals surface area contributed by atoms with Crippen molar-refractivity contribution in [3.8, 4) is 11.1 Å². The number of nitrogens with two attached hydrogens (primary N) is 2. The highest BCUT2D eigenvalue weighted by Gasteiger charge is 2.04. The number of benzene rings is 1. The lowest BCUT2D eigenvalue weighted by Gasteiger charge is -2.06. The van der Waals surface area contributed by atoms with Crippen molar-refractivity contribution in [1.29, 1.82) is 0 Å². The number of rotatable bonds is 2. The molecule has 1 heterocycles. The largest absolute Gasteiger partial charge is 0.382 e. The lowest BCUT2D eigenvalue weighted by atomic mass is 10.0. The minimum Gasteiger partial charge on any atom is -0.382 e. The zero-order valence-electron chi connectivity index (χ0n) is 11.6. The van der Waals surface area contributed by atoms with E-state index >= 15 is 0 Å². The van der Waals surface area contributed by atoms with Gasteiger partial charge in [0.15, 0.2) is 0 Å². The number of hydrogen-bond acceptors (Lipinski definition) is 3. The normalized spacial score (nSPS) is 10.6. The molecule has 0 radical (unpaired) electrons. The Morgan fingerprint density at radius 1 is 1.16 bits per heavy atom. The maximum Gasteiger partial charge on any atom is 0.150 e. The number of amidine groups is 1. The summed E-state index contributed by atoms with van der Waals surface area (Å²) in [5.74, 6) is 5.50. The summed E-state index contributed by atoms with van der Waals surface area (Å²) in [5.41, 5.74) is 9.62. The van der Waals surface area contributed by atoms with Crippen molar-refractivity contribution in [2.45, 2.75) is 20.8 Å². The molecular weight excluding hydrogens is 236 g/mol. The fourth-order valence-corrected chi connectivity index (χ4v) is 1.71. The van der Waals surface area contributed by atoms with Crippen molar-refractivity contribution < 1.29 is 0 Å². The van der Waals surface area contributed by atoms with Gasteiger partial charge in [0, 0.05) is 23.0 Å². The maximum atomic E-state index is 5.69. The molecule has 0 atom stereocenters. The fourth-order valence-electron chi connectivity index (χ4n) is 1.71. The molecule has 100 valence electrons. The first-order chi connectivity index (χ1) is 9.22. The van der Waals surface area contributed by atoms with Crippen LogP contribution in [-0.4, -0.2) is 10.8 Å². The molecule has 0 saturated heterocycles. The molecule has 1 aromatic heterocycles. The van der Waals surface area contributed by atoms with E-state index in [4.69, 9.17) is 11.6 Å². The predicted octanol–water partition coefficient (Wildman–Crippen LogP) is 2.66. The molecular formula is C15H20N4. The fraction of sp³-hybridized carbons (Fsp3) is 0.200. The van der Waals surface area contributed by atoms with Crippen LogP contribution in [0.15, 0.2) is 47.7 Å². The van der Waals surface area contributed by atoms with Crippen molar-refractivity contribution in [2.75, 3.05) is 0 Å². The van der Waals surface area contributed by atoms with E-state index in [2.05, 4.69) is 10.1 Å². The maximum absolute atomic E-state index is 5.69. The second-order valence-corrected chi connectivity index (χ2v) is 3.73. The third-order valence-electron chi connectivity index (χ3n) is 2.62. The van der Waals surface area contributed by atoms with Crippen LogP contribution in [0.2, 0.25) is 0 Å².